The van der Waals surface area contributed by atoms with Crippen LogP contribution in [-0.2, 0) is 9.57 Å². The number of likely N-dealkylation sites (N-methyl/N-ethyl adjacent to an activating group) is 1. The number of methoxy groups -OCH3 is 1. The molecule has 5 heterocycles. The molecule has 45 heavy (non-hydrogen) atoms. The summed E-state index contributed by atoms with van der Waals surface area (Å²) in [6.45, 7) is 6.86. The number of ether oxygens (including phenoxy) is 1. The molecule has 0 radical (unpaired) electrons. The van der Waals surface area contributed by atoms with E-state index in [1.165, 1.54) is 12.3 Å². The van der Waals surface area contributed by atoms with Crippen LogP contribution in [0.5, 0.6) is 0 Å². The molecule has 1 aromatic carbocycles. The molecule has 0 aliphatic carbocycles. The molecular weight excluding hydrogens is 579 g/mol. The fourth-order valence-corrected chi connectivity index (χ4v) is 5.54. The van der Waals surface area contributed by atoms with E-state index in [2.05, 4.69) is 42.4 Å². The summed E-state index contributed by atoms with van der Waals surface area (Å²) >= 11 is 0. The highest BCUT2D eigenvalue weighted by Crippen LogP contribution is 2.32. The number of anilines is 2. The van der Waals surface area contributed by atoms with E-state index in [0.717, 1.165) is 43.0 Å². The minimum atomic E-state index is -0.620. The molecule has 13 nitrogen and oxygen atoms in total. The first-order valence-electron chi connectivity index (χ1n) is 14.9. The fraction of sp³-hybridized carbons (Fsp3) is 0.387. The van der Waals surface area contributed by atoms with Gasteiger partial charge >= 0.3 is 6.03 Å². The number of carbonyl (C=O) groups is 1. The highest BCUT2D eigenvalue weighted by Gasteiger charge is 2.37. The van der Waals surface area contributed by atoms with Gasteiger partial charge in [0, 0.05) is 76.1 Å². The molecule has 0 saturated carbocycles. The van der Waals surface area contributed by atoms with Crippen molar-refractivity contribution in [2.45, 2.75) is 19.1 Å². The molecular formula is C31H37FN10O3. The Hall–Kier alpha value is -4.50. The maximum Gasteiger partial charge on any atom is 0.320 e. The summed E-state index contributed by atoms with van der Waals surface area (Å²) in [7, 11) is 3.72. The average molecular weight is 617 g/mol. The molecule has 6 rings (SSSR count). The molecule has 2 amide bonds. The van der Waals surface area contributed by atoms with Gasteiger partial charge < -0.3 is 19.9 Å². The Morgan fingerprint density at radius 1 is 1.09 bits per heavy atom. The fourth-order valence-electron chi connectivity index (χ4n) is 5.54. The number of hydrogen-bond acceptors (Lipinski definition) is 10. The molecule has 0 bridgehead atoms. The van der Waals surface area contributed by atoms with E-state index >= 15 is 0 Å². The topological polar surface area (TPSA) is 126 Å². The number of amides is 2. The SMILES string of the molecule is COCCN1C[C@@H](NC(=O)Nc2c(C)c(-c3cnc(N4CCN(C)CC4)nc3)nn2-c2ccccc2)[C@H](c2ccnc(F)c2)O1. The van der Waals surface area contributed by atoms with Gasteiger partial charge in [-0.25, -0.2) is 24.4 Å². The molecule has 2 saturated heterocycles. The number of pyridine rings is 1. The summed E-state index contributed by atoms with van der Waals surface area (Å²) in [4.78, 5) is 37.1. The smallest absolute Gasteiger partial charge is 0.320 e. The lowest BCUT2D eigenvalue weighted by Gasteiger charge is -2.32. The molecule has 14 heteroatoms. The lowest BCUT2D eigenvalue weighted by Crippen LogP contribution is -2.45. The van der Waals surface area contributed by atoms with Gasteiger partial charge in [0.1, 0.15) is 17.6 Å². The van der Waals surface area contributed by atoms with Crippen LogP contribution in [0.25, 0.3) is 16.9 Å². The van der Waals surface area contributed by atoms with Crippen LogP contribution >= 0.6 is 0 Å². The molecule has 2 aliphatic heterocycles. The molecule has 2 N–H and O–H groups in total. The Morgan fingerprint density at radius 3 is 2.56 bits per heavy atom. The Bertz CT molecular complexity index is 1600. The van der Waals surface area contributed by atoms with E-state index in [9.17, 15) is 9.18 Å². The summed E-state index contributed by atoms with van der Waals surface area (Å²) in [6, 6.07) is 11.6. The largest absolute Gasteiger partial charge is 0.383 e. The quantitative estimate of drug-likeness (QED) is 0.271. The predicted octanol–water partition coefficient (Wildman–Crippen LogP) is 3.05. The van der Waals surface area contributed by atoms with E-state index in [1.807, 2.05) is 37.3 Å². The van der Waals surface area contributed by atoms with Crippen molar-refractivity contribution in [1.29, 1.82) is 0 Å². The van der Waals surface area contributed by atoms with Gasteiger partial charge in [0.25, 0.3) is 0 Å². The summed E-state index contributed by atoms with van der Waals surface area (Å²) in [5.74, 6) is 0.565. The summed E-state index contributed by atoms with van der Waals surface area (Å²) in [5.41, 5.74) is 3.49. The van der Waals surface area contributed by atoms with Gasteiger partial charge in [-0.15, -0.1) is 0 Å². The highest BCUT2D eigenvalue weighted by molar-refractivity contribution is 5.91. The highest BCUT2D eigenvalue weighted by atomic mass is 19.1. The van der Waals surface area contributed by atoms with Crippen LogP contribution in [0.15, 0.2) is 61.1 Å². The van der Waals surface area contributed by atoms with Crippen molar-refractivity contribution >= 4 is 17.8 Å². The minimum absolute atomic E-state index is 0.380. The third-order valence-corrected chi connectivity index (χ3v) is 8.02. The Labute approximate surface area is 260 Å². The number of hydroxylamine groups is 2. The van der Waals surface area contributed by atoms with Crippen molar-refractivity contribution in [3.05, 3.63) is 78.1 Å². The van der Waals surface area contributed by atoms with Crippen LogP contribution in [0.1, 0.15) is 17.2 Å². The van der Waals surface area contributed by atoms with Crippen molar-refractivity contribution < 1.29 is 18.8 Å². The first-order chi connectivity index (χ1) is 21.9. The molecule has 2 fully saturated rings. The number of aromatic nitrogens is 5. The average Bonchev–Trinajstić information content (AvgIpc) is 3.61. The number of nitrogens with zero attached hydrogens (tertiary/aromatic N) is 8. The van der Waals surface area contributed by atoms with Crippen LogP contribution in [0.2, 0.25) is 0 Å². The second-order valence-electron chi connectivity index (χ2n) is 11.2. The van der Waals surface area contributed by atoms with Gasteiger partial charge in [-0.05, 0) is 43.8 Å². The Morgan fingerprint density at radius 2 is 1.84 bits per heavy atom. The lowest BCUT2D eigenvalue weighted by atomic mass is 10.0. The maximum absolute atomic E-state index is 14.0. The summed E-state index contributed by atoms with van der Waals surface area (Å²) in [6.07, 6.45) is 4.32. The first-order valence-corrected chi connectivity index (χ1v) is 14.9. The van der Waals surface area contributed by atoms with Crippen molar-refractivity contribution in [3.8, 4) is 16.9 Å². The third-order valence-electron chi connectivity index (χ3n) is 8.02. The van der Waals surface area contributed by atoms with Gasteiger partial charge in [0.05, 0.1) is 18.3 Å². The molecule has 4 aromatic rings. The first kappa shape index (κ1) is 30.5. The standard InChI is InChI=1S/C31H37FN10O3/c1-21-27(23-18-34-30(35-19-23)40-13-11-39(2)12-14-40)38-42(24-7-5-4-6-8-24)29(21)37-31(43)36-25-20-41(15-16-44-3)45-28(25)22-9-10-33-26(32)17-22/h4-10,17-19,25,28H,11-16,20H2,1-3H3,(H2,36,37,43)/t25-,28+/m1/s1. The van der Waals surface area contributed by atoms with Gasteiger partial charge in [0.15, 0.2) is 0 Å². The number of rotatable bonds is 9. The number of nitrogens with one attached hydrogen (secondary N) is 2. The summed E-state index contributed by atoms with van der Waals surface area (Å²) < 4.78 is 20.9. The zero-order valence-electron chi connectivity index (χ0n) is 25.6. The van der Waals surface area contributed by atoms with E-state index < -0.39 is 24.1 Å². The number of benzene rings is 1. The lowest BCUT2D eigenvalue weighted by molar-refractivity contribution is -0.154. The van der Waals surface area contributed by atoms with E-state index in [4.69, 9.17) is 14.7 Å². The van der Waals surface area contributed by atoms with Crippen LogP contribution in [0.4, 0.5) is 21.0 Å². The number of carbonyl (C=O) groups excluding carboxylic acids is 1. The van der Waals surface area contributed by atoms with Crippen molar-refractivity contribution in [2.24, 2.45) is 0 Å². The van der Waals surface area contributed by atoms with Crippen molar-refractivity contribution in [1.82, 2.24) is 40.0 Å². The summed E-state index contributed by atoms with van der Waals surface area (Å²) in [5, 5.41) is 12.6. The minimum Gasteiger partial charge on any atom is -0.383 e. The number of para-hydroxylation sites is 1. The number of halogens is 1. The zero-order valence-corrected chi connectivity index (χ0v) is 25.6. The van der Waals surface area contributed by atoms with Gasteiger partial charge in [0.2, 0.25) is 11.9 Å². The van der Waals surface area contributed by atoms with Crippen LogP contribution in [0, 0.1) is 12.9 Å². The van der Waals surface area contributed by atoms with Crippen LogP contribution in [0.3, 0.4) is 0 Å². The third kappa shape index (κ3) is 6.93. The van der Waals surface area contributed by atoms with Gasteiger partial charge in [-0.3, -0.25) is 10.2 Å². The molecule has 0 unspecified atom stereocenters. The Kier molecular flexibility index (Phi) is 9.26. The van der Waals surface area contributed by atoms with E-state index in [-0.39, 0.29) is 0 Å². The van der Waals surface area contributed by atoms with Crippen molar-refractivity contribution in [3.63, 3.8) is 0 Å². The zero-order chi connectivity index (χ0) is 31.3. The number of urea groups is 1. The molecule has 2 aliphatic rings. The second kappa shape index (κ2) is 13.6. The molecule has 2 atom stereocenters. The maximum atomic E-state index is 14.0. The Balaban J connectivity index is 1.25. The van der Waals surface area contributed by atoms with Crippen molar-refractivity contribution in [2.75, 3.05) is 70.2 Å². The van der Waals surface area contributed by atoms with E-state index in [0.29, 0.717) is 42.7 Å². The molecule has 0 spiro atoms. The molecule has 3 aromatic heterocycles. The number of piperazine rings is 1. The normalized spacial score (nSPS) is 19.2. The van der Waals surface area contributed by atoms with E-state index in [1.54, 1.807) is 35.3 Å². The van der Waals surface area contributed by atoms with Crippen LogP contribution in [-0.4, -0.2) is 107 Å². The monoisotopic (exact) mass is 616 g/mol. The molecule has 236 valence electrons. The van der Waals surface area contributed by atoms with Gasteiger partial charge in [-0.2, -0.15) is 14.6 Å². The van der Waals surface area contributed by atoms with Gasteiger partial charge in [-0.1, -0.05) is 18.2 Å². The van der Waals surface area contributed by atoms with Crippen LogP contribution < -0.4 is 15.5 Å². The second-order valence-corrected chi connectivity index (χ2v) is 11.2. The number of hydrogen-bond donors (Lipinski definition) is 2. The predicted molar refractivity (Wildman–Crippen MR) is 166 cm³/mol.